The summed E-state index contributed by atoms with van der Waals surface area (Å²) in [5.41, 5.74) is 29.7. The average molecular weight is 1380 g/mol. The van der Waals surface area contributed by atoms with Crippen LogP contribution < -0.4 is 10.2 Å². The molecule has 0 spiro atoms. The van der Waals surface area contributed by atoms with Crippen LogP contribution in [0.25, 0.3) is 88.3 Å². The SMILES string of the molecule is [B][B]B([B])B([B])[B].[HH].[HH].[HH].[HH].c1ccc(-c2ccc(-c3ccc(N(c4ccc5c(c4)C(c4ccccc4)(c4ccccc4)c4ccccc4-5)c4cccc5ccc6ccccc6c45)cc3)cc2)cc1.c1ccc(-c2ccc(-c3ccc(Nc4ccc5c(c4)C(c4ccccc4)(c4ccccc4)c4ccccc4-5)cc3)cc2)cc1. The van der Waals surface area contributed by atoms with Gasteiger partial charge in [-0.15, -0.1) is 0 Å². The van der Waals surface area contributed by atoms with Crippen LogP contribution >= 0.6 is 0 Å². The molecule has 0 aliphatic heterocycles. The summed E-state index contributed by atoms with van der Waals surface area (Å²) in [6, 6.07) is 153. The van der Waals surface area contributed by atoms with Crippen LogP contribution in [0.2, 0.25) is 0 Å². The Morgan fingerprint density at radius 2 is 0.615 bits per heavy atom. The molecule has 0 bridgehead atoms. The van der Waals surface area contributed by atoms with Gasteiger partial charge in [0.1, 0.15) is 0 Å². The Kier molecular flexibility index (Phi) is 19.5. The molecule has 19 rings (SSSR count). The third kappa shape index (κ3) is 13.1. The summed E-state index contributed by atoms with van der Waals surface area (Å²) in [6.45, 7) is 0. The first-order valence-corrected chi connectivity index (χ1v) is 37.3. The van der Waals surface area contributed by atoms with Gasteiger partial charge in [-0.1, -0.05) is 364 Å². The van der Waals surface area contributed by atoms with Crippen LogP contribution in [0.1, 0.15) is 50.2 Å². The van der Waals surface area contributed by atoms with Gasteiger partial charge in [0.2, 0.25) is 0 Å². The molecule has 0 aromatic heterocycles. The number of hydrogen-bond acceptors (Lipinski definition) is 2. The van der Waals surface area contributed by atoms with E-state index >= 15 is 0 Å². The van der Waals surface area contributed by atoms with Crippen LogP contribution in [-0.2, 0) is 10.8 Å². The number of fused-ring (bicyclic) bond motifs is 9. The highest BCUT2D eigenvalue weighted by molar-refractivity contribution is 7.81. The normalized spacial score (nSPS) is 12.3. The van der Waals surface area contributed by atoms with E-state index in [1.165, 1.54) is 140 Å². The van der Waals surface area contributed by atoms with E-state index < -0.39 is 17.2 Å². The van der Waals surface area contributed by atoms with Gasteiger partial charge in [-0.25, -0.2) is 0 Å². The number of hydrogen-bond donors (Lipinski definition) is 1. The monoisotopic (exact) mass is 1380 g/mol. The quantitative estimate of drug-likeness (QED) is 0.0813. The maximum Gasteiger partial charge on any atom is 0.0714 e. The van der Waals surface area contributed by atoms with E-state index in [0.29, 0.717) is 0 Å². The van der Waals surface area contributed by atoms with Crippen LogP contribution in [0, 0.1) is 0 Å². The Morgan fingerprint density at radius 1 is 0.275 bits per heavy atom. The van der Waals surface area contributed by atoms with Gasteiger partial charge >= 0.3 is 0 Å². The lowest BCUT2D eigenvalue weighted by atomic mass is 8.76. The predicted octanol–water partition coefficient (Wildman–Crippen LogP) is 24.6. The first-order valence-electron chi connectivity index (χ1n) is 37.3. The van der Waals surface area contributed by atoms with Crippen molar-refractivity contribution in [2.24, 2.45) is 0 Å². The third-order valence-electron chi connectivity index (χ3n) is 21.8. The zero-order valence-corrected chi connectivity index (χ0v) is 60.3. The Hall–Kier alpha value is -12.7. The molecule has 9 heteroatoms. The maximum atomic E-state index is 5.19. The van der Waals surface area contributed by atoms with E-state index in [2.05, 4.69) is 429 Å². The molecule has 509 valence electrons. The fraction of sp³-hybridized carbons (Fsp3) is 0.0200. The minimum Gasteiger partial charge on any atom is -0.356 e. The molecule has 0 atom stereocenters. The second kappa shape index (κ2) is 30.7. The smallest absolute Gasteiger partial charge is 0.0714 e. The first kappa shape index (κ1) is 69.4. The summed E-state index contributed by atoms with van der Waals surface area (Å²) < 4.78 is 0. The van der Waals surface area contributed by atoms with Gasteiger partial charge < -0.3 is 10.2 Å². The zero-order valence-electron chi connectivity index (χ0n) is 60.3. The topological polar surface area (TPSA) is 15.3 Å². The summed E-state index contributed by atoms with van der Waals surface area (Å²) in [5.74, 6) is 0. The molecule has 0 amide bonds. The molecule has 17 aromatic carbocycles. The van der Waals surface area contributed by atoms with E-state index in [1.807, 2.05) is 0 Å². The van der Waals surface area contributed by atoms with Crippen molar-refractivity contribution in [2.75, 3.05) is 10.2 Å². The summed E-state index contributed by atoms with van der Waals surface area (Å²) in [5, 5.41) is 8.64. The fourth-order valence-corrected chi connectivity index (χ4v) is 16.6. The lowest BCUT2D eigenvalue weighted by Gasteiger charge is -2.35. The van der Waals surface area contributed by atoms with Gasteiger partial charge in [-0.2, -0.15) is 0 Å². The minimum absolute atomic E-state index is 0. The van der Waals surface area contributed by atoms with Gasteiger partial charge in [-0.05, 0) is 182 Å². The molecule has 2 aliphatic carbocycles. The molecule has 109 heavy (non-hydrogen) atoms. The van der Waals surface area contributed by atoms with Gasteiger partial charge in [0.15, 0.2) is 0 Å². The first-order chi connectivity index (χ1) is 53.8. The van der Waals surface area contributed by atoms with Crippen molar-refractivity contribution < 1.29 is 5.71 Å². The van der Waals surface area contributed by atoms with Crippen molar-refractivity contribution in [3.05, 3.63) is 463 Å². The molecule has 0 saturated heterocycles. The maximum absolute atomic E-state index is 5.19. The van der Waals surface area contributed by atoms with Crippen molar-refractivity contribution in [3.63, 3.8) is 0 Å². The average Bonchev–Trinajstić information content (AvgIpc) is 1.50. The van der Waals surface area contributed by atoms with E-state index in [1.54, 1.807) is 0 Å². The molecule has 2 aliphatic rings. The minimum atomic E-state index is -0.537. The largest absolute Gasteiger partial charge is 0.356 e. The molecule has 0 saturated carbocycles. The van der Waals surface area contributed by atoms with Gasteiger partial charge in [0, 0.05) is 84.6 Å². The standard InChI is InChI=1S/C57H39N.C43H31N.B7.4H2/c1-4-15-40(16-5-1)41-27-29-42(30-28-41)43-33-35-48(36-34-43)58(55-26-14-18-45-32-31-44-17-10-11-23-50(44)56(45)55)49-37-38-52-51-24-12-13-25-53(51)57(54(52)39-49,46-19-6-2-7-20-46)47-21-8-3-9-22-47;1-4-12-31(13-5-1)32-20-22-33(23-21-32)34-24-26-37(27-25-34)44-38-28-29-40-39-18-10-11-19-41(39)43(42(40)30-38,35-14-6-2-7-15-35)36-16-8-3-9-17-36;1-5-7(4)6(2)3;;;;/h1-39H;1-30,44H;;4*1H. The highest BCUT2D eigenvalue weighted by Gasteiger charge is 2.48. The Morgan fingerprint density at radius 3 is 1.06 bits per heavy atom. The van der Waals surface area contributed by atoms with Gasteiger partial charge in [0.25, 0.3) is 0 Å². The number of nitrogens with one attached hydrogen (secondary N) is 1. The predicted molar refractivity (Wildman–Crippen MR) is 477 cm³/mol. The number of benzene rings is 17. The van der Waals surface area contributed by atoms with Gasteiger partial charge in [0.05, 0.1) is 16.5 Å². The molecule has 2 nitrogen and oxygen atoms in total. The fourth-order valence-electron chi connectivity index (χ4n) is 16.6. The van der Waals surface area contributed by atoms with Crippen molar-refractivity contribution in [3.8, 4) is 66.8 Å². The highest BCUT2D eigenvalue weighted by Crippen LogP contribution is 2.59. The van der Waals surface area contributed by atoms with Crippen molar-refractivity contribution in [1.29, 1.82) is 0 Å². The molecule has 9 radical (unpaired) electrons. The van der Waals surface area contributed by atoms with E-state index in [-0.39, 0.29) is 12.1 Å². The Balaban J connectivity index is 0.000000181. The highest BCUT2D eigenvalue weighted by atomic mass is 15.1. The number of rotatable bonds is 15. The molecule has 1 N–H and O–H groups in total. The second-order valence-electron chi connectivity index (χ2n) is 28.0. The molecular formula is C100H78B7N2. The lowest BCUT2D eigenvalue weighted by Crippen LogP contribution is -2.43. The molecule has 0 heterocycles. The van der Waals surface area contributed by atoms with Crippen molar-refractivity contribution in [2.45, 2.75) is 10.8 Å². The zero-order chi connectivity index (χ0) is 73.7. The Bertz CT molecular complexity index is 5960. The van der Waals surface area contributed by atoms with Crippen LogP contribution in [0.15, 0.2) is 419 Å². The molecule has 0 fully saturated rings. The summed E-state index contributed by atoms with van der Waals surface area (Å²) >= 11 is 0. The van der Waals surface area contributed by atoms with Crippen LogP contribution in [-0.4, -0.2) is 50.8 Å². The van der Waals surface area contributed by atoms with E-state index in [4.69, 9.17) is 30.9 Å². The molecule has 17 aromatic rings. The molecular weight excluding hydrogens is 1300 g/mol. The second-order valence-corrected chi connectivity index (χ2v) is 28.0. The lowest BCUT2D eigenvalue weighted by molar-refractivity contribution is 0.768. The molecule has 0 unspecified atom stereocenters. The van der Waals surface area contributed by atoms with E-state index in [0.717, 1.165) is 28.4 Å². The van der Waals surface area contributed by atoms with E-state index in [9.17, 15) is 0 Å². The summed E-state index contributed by atoms with van der Waals surface area (Å²) in [6.07, 6.45) is -0.926. The number of anilines is 5. The third-order valence-corrected chi connectivity index (χ3v) is 21.8. The van der Waals surface area contributed by atoms with Crippen LogP contribution in [0.3, 0.4) is 0 Å². The Labute approximate surface area is 653 Å². The van der Waals surface area contributed by atoms with Crippen molar-refractivity contribution in [1.82, 2.24) is 0 Å². The van der Waals surface area contributed by atoms with Gasteiger partial charge in [-0.3, -0.25) is 0 Å². The van der Waals surface area contributed by atoms with Crippen LogP contribution in [0.5, 0.6) is 0 Å². The van der Waals surface area contributed by atoms with Crippen LogP contribution in [0.4, 0.5) is 28.4 Å². The summed E-state index contributed by atoms with van der Waals surface area (Å²) in [4.78, 5) is 2.47. The number of nitrogens with zero attached hydrogens (tertiary/aromatic N) is 1. The summed E-state index contributed by atoms with van der Waals surface area (Å²) in [7, 11) is 21.6. The van der Waals surface area contributed by atoms with Crippen molar-refractivity contribution >= 4 is 101 Å².